The Hall–Kier alpha value is -1.74. The van der Waals surface area contributed by atoms with Crippen LogP contribution in [-0.2, 0) is 10.0 Å². The first-order valence-electron chi connectivity index (χ1n) is 7.16. The van der Waals surface area contributed by atoms with Gasteiger partial charge in [0.15, 0.2) is 0 Å². The van der Waals surface area contributed by atoms with Crippen molar-refractivity contribution in [3.8, 4) is 11.1 Å². The van der Waals surface area contributed by atoms with Crippen molar-refractivity contribution < 1.29 is 8.42 Å². The Bertz CT molecular complexity index is 955. The topological polar surface area (TPSA) is 98.0 Å². The second-order valence-electron chi connectivity index (χ2n) is 5.21. The van der Waals surface area contributed by atoms with Crippen molar-refractivity contribution in [2.75, 3.05) is 17.6 Å². The number of benzene rings is 1. The lowest BCUT2D eigenvalue weighted by atomic mass is 10.1. The third-order valence-electron chi connectivity index (χ3n) is 3.42. The van der Waals surface area contributed by atoms with Gasteiger partial charge in [-0.1, -0.05) is 23.7 Å². The molecule has 3 N–H and O–H groups in total. The number of aromatic nitrogens is 2. The summed E-state index contributed by atoms with van der Waals surface area (Å²) in [5, 5.41) is 11.8. The summed E-state index contributed by atoms with van der Waals surface area (Å²) < 4.78 is 22.0. The van der Waals surface area contributed by atoms with Crippen LogP contribution in [0.5, 0.6) is 0 Å². The fourth-order valence-electron chi connectivity index (χ4n) is 2.33. The van der Waals surface area contributed by atoms with Gasteiger partial charge in [0.2, 0.25) is 10.0 Å². The molecular weight excluding hydrogens is 368 g/mol. The summed E-state index contributed by atoms with van der Waals surface area (Å²) in [6.07, 6.45) is 1.90. The molecule has 126 valence electrons. The summed E-state index contributed by atoms with van der Waals surface area (Å²) in [6, 6.07) is 7.57. The number of primary sulfonamides is 1. The Balaban J connectivity index is 1.88. The predicted molar refractivity (Wildman–Crippen MR) is 98.9 cm³/mol. The molecule has 0 aliphatic carbocycles. The molecule has 0 unspecified atom stereocenters. The normalized spacial score (nSPS) is 11.8. The lowest BCUT2D eigenvalue weighted by molar-refractivity contribution is 0.596. The highest BCUT2D eigenvalue weighted by Gasteiger charge is 2.13. The van der Waals surface area contributed by atoms with E-state index in [1.807, 2.05) is 29.6 Å². The number of hydrogen-bond acceptors (Lipinski definition) is 6. The first-order chi connectivity index (χ1) is 11.4. The second-order valence-corrected chi connectivity index (χ2v) is 8.23. The monoisotopic (exact) mass is 382 g/mol. The van der Waals surface area contributed by atoms with E-state index in [4.69, 9.17) is 16.7 Å². The zero-order valence-corrected chi connectivity index (χ0v) is 15.0. The minimum absolute atomic E-state index is 0.0676. The fraction of sp³-hybridized carbons (Fsp3) is 0.200. The number of thiophene rings is 1. The maximum atomic E-state index is 11.0. The van der Waals surface area contributed by atoms with Gasteiger partial charge in [-0.25, -0.2) is 23.5 Å². The van der Waals surface area contributed by atoms with Crippen molar-refractivity contribution in [2.24, 2.45) is 5.14 Å². The quantitative estimate of drug-likeness (QED) is 0.638. The number of rotatable bonds is 6. The van der Waals surface area contributed by atoms with E-state index in [-0.39, 0.29) is 5.75 Å². The molecular formula is C15H15ClN4O2S2. The van der Waals surface area contributed by atoms with Crippen LogP contribution in [0.25, 0.3) is 21.3 Å². The van der Waals surface area contributed by atoms with Crippen molar-refractivity contribution in [1.82, 2.24) is 9.97 Å². The van der Waals surface area contributed by atoms with Crippen molar-refractivity contribution in [2.45, 2.75) is 6.42 Å². The van der Waals surface area contributed by atoms with Gasteiger partial charge in [-0.3, -0.25) is 0 Å². The Labute approximate surface area is 148 Å². The molecule has 0 spiro atoms. The van der Waals surface area contributed by atoms with Gasteiger partial charge in [0, 0.05) is 22.5 Å². The number of halogens is 1. The van der Waals surface area contributed by atoms with Crippen LogP contribution < -0.4 is 10.5 Å². The Morgan fingerprint density at radius 1 is 1.21 bits per heavy atom. The molecule has 24 heavy (non-hydrogen) atoms. The number of nitrogens with two attached hydrogens (primary N) is 1. The highest BCUT2D eigenvalue weighted by atomic mass is 35.5. The molecule has 3 rings (SSSR count). The van der Waals surface area contributed by atoms with Crippen LogP contribution in [0, 0.1) is 0 Å². The molecule has 6 nitrogen and oxygen atoms in total. The van der Waals surface area contributed by atoms with Crippen LogP contribution in [0.15, 0.2) is 36.0 Å². The number of fused-ring (bicyclic) bond motifs is 1. The zero-order valence-electron chi connectivity index (χ0n) is 12.6. The summed E-state index contributed by atoms with van der Waals surface area (Å²) >= 11 is 7.48. The van der Waals surface area contributed by atoms with E-state index < -0.39 is 10.0 Å². The van der Waals surface area contributed by atoms with Crippen molar-refractivity contribution >= 4 is 49.0 Å². The first-order valence-corrected chi connectivity index (χ1v) is 10.1. The van der Waals surface area contributed by atoms with Gasteiger partial charge >= 0.3 is 0 Å². The first kappa shape index (κ1) is 17.1. The molecule has 0 bridgehead atoms. The molecule has 1 aromatic carbocycles. The molecule has 0 saturated heterocycles. The van der Waals surface area contributed by atoms with Gasteiger partial charge in [0.05, 0.1) is 11.1 Å². The van der Waals surface area contributed by atoms with Gasteiger partial charge in [-0.2, -0.15) is 0 Å². The molecule has 2 heterocycles. The van der Waals surface area contributed by atoms with Gasteiger partial charge in [0.1, 0.15) is 17.0 Å². The molecule has 0 saturated carbocycles. The molecule has 0 aliphatic rings. The Morgan fingerprint density at radius 3 is 2.67 bits per heavy atom. The van der Waals surface area contributed by atoms with Crippen LogP contribution in [-0.4, -0.2) is 30.7 Å². The van der Waals surface area contributed by atoms with E-state index in [2.05, 4.69) is 15.3 Å². The molecule has 0 amide bonds. The number of anilines is 1. The van der Waals surface area contributed by atoms with Crippen molar-refractivity contribution in [3.05, 3.63) is 41.0 Å². The van der Waals surface area contributed by atoms with E-state index in [1.165, 1.54) is 17.7 Å². The molecule has 0 aliphatic heterocycles. The molecule has 3 aromatic rings. The standard InChI is InChI=1S/C15H15ClN4O2S2/c16-11-4-2-10(3-5-11)12-8-23-15-13(12)14(19-9-20-15)18-6-1-7-24(17,21)22/h2-5,8-9H,1,6-7H2,(H2,17,21,22)(H,18,19,20). The minimum Gasteiger partial charge on any atom is -0.369 e. The maximum absolute atomic E-state index is 11.0. The van der Waals surface area contributed by atoms with E-state index in [9.17, 15) is 8.42 Å². The second kappa shape index (κ2) is 7.02. The Kier molecular flexibility index (Phi) is 5.00. The summed E-state index contributed by atoms with van der Waals surface area (Å²) in [4.78, 5) is 9.46. The van der Waals surface area contributed by atoms with Gasteiger partial charge < -0.3 is 5.32 Å². The van der Waals surface area contributed by atoms with Crippen LogP contribution in [0.4, 0.5) is 5.82 Å². The van der Waals surface area contributed by atoms with Crippen molar-refractivity contribution in [3.63, 3.8) is 0 Å². The zero-order chi connectivity index (χ0) is 17.2. The third-order valence-corrected chi connectivity index (χ3v) is 5.42. The highest BCUT2D eigenvalue weighted by Crippen LogP contribution is 2.36. The lowest BCUT2D eigenvalue weighted by Gasteiger charge is -2.08. The van der Waals surface area contributed by atoms with E-state index >= 15 is 0 Å². The molecule has 0 radical (unpaired) electrons. The van der Waals surface area contributed by atoms with Crippen molar-refractivity contribution in [1.29, 1.82) is 0 Å². The van der Waals surface area contributed by atoms with Crippen LogP contribution in [0.2, 0.25) is 5.02 Å². The number of hydrogen-bond donors (Lipinski definition) is 2. The molecule has 9 heteroatoms. The van der Waals surface area contributed by atoms with Crippen LogP contribution in [0.1, 0.15) is 6.42 Å². The van der Waals surface area contributed by atoms with Crippen LogP contribution in [0.3, 0.4) is 0 Å². The highest BCUT2D eigenvalue weighted by molar-refractivity contribution is 7.89. The largest absolute Gasteiger partial charge is 0.369 e. The van der Waals surface area contributed by atoms with E-state index in [0.29, 0.717) is 23.8 Å². The SMILES string of the molecule is NS(=O)(=O)CCCNc1ncnc2scc(-c3ccc(Cl)cc3)c12. The van der Waals surface area contributed by atoms with Gasteiger partial charge in [0.25, 0.3) is 0 Å². The molecule has 0 fully saturated rings. The van der Waals surface area contributed by atoms with Gasteiger partial charge in [-0.05, 0) is 24.1 Å². The smallest absolute Gasteiger partial charge is 0.209 e. The Morgan fingerprint density at radius 2 is 1.96 bits per heavy atom. The van der Waals surface area contributed by atoms with Crippen LogP contribution >= 0.6 is 22.9 Å². The summed E-state index contributed by atoms with van der Waals surface area (Å²) in [6.45, 7) is 0.457. The number of nitrogens with zero attached hydrogens (tertiary/aromatic N) is 2. The summed E-state index contributed by atoms with van der Waals surface area (Å²) in [7, 11) is -3.45. The minimum atomic E-state index is -3.45. The summed E-state index contributed by atoms with van der Waals surface area (Å²) in [5.41, 5.74) is 2.04. The number of sulfonamides is 1. The number of nitrogens with one attached hydrogen (secondary N) is 1. The average molecular weight is 383 g/mol. The van der Waals surface area contributed by atoms with E-state index in [1.54, 1.807) is 0 Å². The molecule has 0 atom stereocenters. The maximum Gasteiger partial charge on any atom is 0.209 e. The summed E-state index contributed by atoms with van der Waals surface area (Å²) in [5.74, 6) is 0.614. The van der Waals surface area contributed by atoms with Gasteiger partial charge in [-0.15, -0.1) is 11.3 Å². The average Bonchev–Trinajstić information content (AvgIpc) is 2.96. The lowest BCUT2D eigenvalue weighted by Crippen LogP contribution is -2.18. The third kappa shape index (κ3) is 4.02. The fourth-order valence-corrected chi connectivity index (χ4v) is 3.92. The van der Waals surface area contributed by atoms with E-state index in [0.717, 1.165) is 21.3 Å². The molecule has 2 aromatic heterocycles. The predicted octanol–water partition coefficient (Wildman–Crippen LogP) is 3.10.